The lowest BCUT2D eigenvalue weighted by Crippen LogP contribution is -2.21. The molecule has 0 radical (unpaired) electrons. The maximum absolute atomic E-state index is 4.91. The molecule has 2 aromatic heterocycles. The zero-order valence-electron chi connectivity index (χ0n) is 15.0. The Hall–Kier alpha value is -1.38. The average molecular weight is 287 g/mol. The van der Waals surface area contributed by atoms with Crippen molar-refractivity contribution in [3.8, 4) is 0 Å². The van der Waals surface area contributed by atoms with Gasteiger partial charge in [0.05, 0.1) is 11.2 Å². The van der Waals surface area contributed by atoms with Gasteiger partial charge >= 0.3 is 0 Å². The maximum atomic E-state index is 4.91. The highest BCUT2D eigenvalue weighted by Gasteiger charge is 2.26. The molecule has 2 aromatic rings. The first-order valence-electron chi connectivity index (χ1n) is 7.71. The third-order valence-corrected chi connectivity index (χ3v) is 3.66. The van der Waals surface area contributed by atoms with Crippen molar-refractivity contribution in [3.63, 3.8) is 0 Å². The Morgan fingerprint density at radius 3 is 1.76 bits per heavy atom. The molecule has 0 bridgehead atoms. The van der Waals surface area contributed by atoms with Crippen LogP contribution in [0.15, 0.2) is 12.4 Å². The summed E-state index contributed by atoms with van der Waals surface area (Å²) in [5.74, 6) is 0.923. The van der Waals surface area contributed by atoms with Crippen LogP contribution in [0.4, 0.5) is 0 Å². The van der Waals surface area contributed by atoms with E-state index in [2.05, 4.69) is 79.3 Å². The van der Waals surface area contributed by atoms with E-state index in [-0.39, 0.29) is 16.4 Å². The Labute approximate surface area is 128 Å². The normalized spacial score (nSPS) is 14.0. The van der Waals surface area contributed by atoms with Crippen molar-refractivity contribution in [1.29, 1.82) is 0 Å². The highest BCUT2D eigenvalue weighted by atomic mass is 15.0. The van der Waals surface area contributed by atoms with Gasteiger partial charge in [-0.15, -0.1) is 0 Å². The van der Waals surface area contributed by atoms with Crippen LogP contribution in [0.25, 0.3) is 10.9 Å². The predicted molar refractivity (Wildman–Crippen MR) is 89.9 cm³/mol. The molecule has 0 atom stereocenters. The summed E-state index contributed by atoms with van der Waals surface area (Å²) < 4.78 is 2.24. The SMILES string of the molecule is CC(C)(C)c1nc(C(C)(C)C)c2cn(C(C)(C)C)cc2n1. The van der Waals surface area contributed by atoms with Gasteiger partial charge in [-0.1, -0.05) is 41.5 Å². The first-order valence-corrected chi connectivity index (χ1v) is 7.71. The Kier molecular flexibility index (Phi) is 3.47. The van der Waals surface area contributed by atoms with Crippen LogP contribution in [-0.2, 0) is 16.4 Å². The summed E-state index contributed by atoms with van der Waals surface area (Å²) in [6.45, 7) is 19.8. The van der Waals surface area contributed by atoms with Gasteiger partial charge in [-0.3, -0.25) is 0 Å². The predicted octanol–water partition coefficient (Wildman–Crippen LogP) is 4.78. The molecule has 0 amide bonds. The number of fused-ring (bicyclic) bond motifs is 1. The quantitative estimate of drug-likeness (QED) is 0.698. The number of nitrogens with zero attached hydrogens (tertiary/aromatic N) is 3. The van der Waals surface area contributed by atoms with E-state index in [4.69, 9.17) is 9.97 Å². The fourth-order valence-corrected chi connectivity index (χ4v) is 2.31. The summed E-state index contributed by atoms with van der Waals surface area (Å²) in [6, 6.07) is 0. The van der Waals surface area contributed by atoms with Crippen molar-refractivity contribution < 1.29 is 0 Å². The monoisotopic (exact) mass is 287 g/mol. The van der Waals surface area contributed by atoms with Crippen LogP contribution >= 0.6 is 0 Å². The largest absolute Gasteiger partial charge is 0.346 e. The fraction of sp³-hybridized carbons (Fsp3) is 0.667. The van der Waals surface area contributed by atoms with Crippen molar-refractivity contribution in [2.45, 2.75) is 78.7 Å². The minimum atomic E-state index is -0.0436. The van der Waals surface area contributed by atoms with E-state index >= 15 is 0 Å². The number of aromatic nitrogens is 3. The summed E-state index contributed by atoms with van der Waals surface area (Å²) in [7, 11) is 0. The molecule has 0 unspecified atom stereocenters. The van der Waals surface area contributed by atoms with Gasteiger partial charge in [-0.05, 0) is 20.8 Å². The lowest BCUT2D eigenvalue weighted by Gasteiger charge is -2.23. The van der Waals surface area contributed by atoms with Gasteiger partial charge in [0, 0.05) is 34.1 Å². The molecule has 116 valence electrons. The van der Waals surface area contributed by atoms with Crippen LogP contribution in [0.3, 0.4) is 0 Å². The van der Waals surface area contributed by atoms with E-state index in [1.54, 1.807) is 0 Å². The summed E-state index contributed by atoms with van der Waals surface area (Å²) in [5.41, 5.74) is 2.20. The van der Waals surface area contributed by atoms with Gasteiger partial charge in [0.1, 0.15) is 5.82 Å². The van der Waals surface area contributed by atoms with Crippen molar-refractivity contribution in [2.24, 2.45) is 0 Å². The van der Waals surface area contributed by atoms with Gasteiger partial charge < -0.3 is 4.57 Å². The van der Waals surface area contributed by atoms with Crippen molar-refractivity contribution in [2.75, 3.05) is 0 Å². The Balaban J connectivity index is 2.81. The second-order valence-corrected chi connectivity index (χ2v) is 9.03. The molecular formula is C18H29N3. The highest BCUT2D eigenvalue weighted by Crippen LogP contribution is 2.32. The maximum Gasteiger partial charge on any atom is 0.134 e. The third-order valence-electron chi connectivity index (χ3n) is 3.66. The molecule has 2 heterocycles. The molecule has 3 heteroatoms. The molecule has 0 spiro atoms. The molecule has 0 N–H and O–H groups in total. The first-order chi connectivity index (χ1) is 9.30. The second kappa shape index (κ2) is 4.56. The minimum Gasteiger partial charge on any atom is -0.346 e. The Morgan fingerprint density at radius 2 is 1.33 bits per heavy atom. The van der Waals surface area contributed by atoms with E-state index in [9.17, 15) is 0 Å². The molecule has 0 aliphatic carbocycles. The standard InChI is InChI=1S/C18H29N3/c1-16(2,3)14-12-10-21(18(7,8)9)11-13(12)19-15(20-14)17(4,5)6/h10-11H,1-9H3. The summed E-state index contributed by atoms with van der Waals surface area (Å²) in [4.78, 5) is 9.74. The first kappa shape index (κ1) is 16.0. The summed E-state index contributed by atoms with van der Waals surface area (Å²) in [6.07, 6.45) is 4.35. The minimum absolute atomic E-state index is 0.00522. The van der Waals surface area contributed by atoms with Crippen LogP contribution in [-0.4, -0.2) is 14.5 Å². The highest BCUT2D eigenvalue weighted by molar-refractivity contribution is 5.82. The molecule has 0 saturated carbocycles. The molecule has 3 nitrogen and oxygen atoms in total. The molecule has 21 heavy (non-hydrogen) atoms. The van der Waals surface area contributed by atoms with Gasteiger partial charge in [0.25, 0.3) is 0 Å². The molecule has 0 saturated heterocycles. The lowest BCUT2D eigenvalue weighted by atomic mass is 9.88. The summed E-state index contributed by atoms with van der Waals surface area (Å²) >= 11 is 0. The van der Waals surface area contributed by atoms with Crippen LogP contribution < -0.4 is 0 Å². The molecule has 2 rings (SSSR count). The Morgan fingerprint density at radius 1 is 0.762 bits per heavy atom. The number of rotatable bonds is 0. The third kappa shape index (κ3) is 3.12. The van der Waals surface area contributed by atoms with E-state index < -0.39 is 0 Å². The molecule has 0 aliphatic rings. The zero-order valence-corrected chi connectivity index (χ0v) is 15.0. The topological polar surface area (TPSA) is 30.7 Å². The van der Waals surface area contributed by atoms with Gasteiger partial charge in [0.2, 0.25) is 0 Å². The van der Waals surface area contributed by atoms with E-state index in [1.165, 1.54) is 5.39 Å². The Bertz CT molecular complexity index is 659. The molecule has 0 aromatic carbocycles. The molecule has 0 aliphatic heterocycles. The van der Waals surface area contributed by atoms with Crippen LogP contribution in [0, 0.1) is 0 Å². The second-order valence-electron chi connectivity index (χ2n) is 9.03. The molecule has 0 fully saturated rings. The van der Waals surface area contributed by atoms with Gasteiger partial charge in [-0.2, -0.15) is 0 Å². The number of hydrogen-bond acceptors (Lipinski definition) is 2. The van der Waals surface area contributed by atoms with E-state index in [1.807, 2.05) is 0 Å². The number of hydrogen-bond donors (Lipinski definition) is 0. The van der Waals surface area contributed by atoms with Crippen molar-refractivity contribution in [3.05, 3.63) is 23.9 Å². The van der Waals surface area contributed by atoms with Crippen molar-refractivity contribution in [1.82, 2.24) is 14.5 Å². The zero-order chi connectivity index (χ0) is 16.2. The summed E-state index contributed by atoms with van der Waals surface area (Å²) in [5, 5.41) is 1.17. The average Bonchev–Trinajstić information content (AvgIpc) is 2.67. The van der Waals surface area contributed by atoms with Crippen LogP contribution in [0.5, 0.6) is 0 Å². The van der Waals surface area contributed by atoms with Crippen LogP contribution in [0.1, 0.15) is 73.8 Å². The lowest BCUT2D eigenvalue weighted by molar-refractivity contribution is 0.399. The van der Waals surface area contributed by atoms with E-state index in [0.29, 0.717) is 0 Å². The molecular weight excluding hydrogens is 258 g/mol. The van der Waals surface area contributed by atoms with Gasteiger partial charge in [0.15, 0.2) is 0 Å². The van der Waals surface area contributed by atoms with E-state index in [0.717, 1.165) is 17.0 Å². The fourth-order valence-electron chi connectivity index (χ4n) is 2.31. The van der Waals surface area contributed by atoms with Gasteiger partial charge in [-0.25, -0.2) is 9.97 Å². The van der Waals surface area contributed by atoms with Crippen molar-refractivity contribution >= 4 is 10.9 Å². The smallest absolute Gasteiger partial charge is 0.134 e. The van der Waals surface area contributed by atoms with Crippen LogP contribution in [0.2, 0.25) is 0 Å².